The molecule has 4 rings (SSSR count). The van der Waals surface area contributed by atoms with Crippen molar-refractivity contribution in [1.29, 1.82) is 0 Å². The highest BCUT2D eigenvalue weighted by Crippen LogP contribution is 2.28. The van der Waals surface area contributed by atoms with E-state index in [-0.39, 0.29) is 22.2 Å². The standard InChI is InChI=1S/C22H13Cl2N3O3/c23-15-10-11-19(20(13-15)27(29)30)26-21(12-9-14-5-1-3-7-17(14)24)25-18-8-4-2-6-16(18)22(26)28/h1-13H/b12-9+. The number of hydrogen-bond donors (Lipinski definition) is 0. The van der Waals surface area contributed by atoms with E-state index in [9.17, 15) is 14.9 Å². The van der Waals surface area contributed by atoms with E-state index < -0.39 is 10.5 Å². The summed E-state index contributed by atoms with van der Waals surface area (Å²) in [4.78, 5) is 28.9. The number of nitro benzene ring substituents is 1. The summed E-state index contributed by atoms with van der Waals surface area (Å²) < 4.78 is 1.21. The summed E-state index contributed by atoms with van der Waals surface area (Å²) in [5.41, 5.74) is 0.554. The molecule has 4 aromatic rings. The third-order valence-electron chi connectivity index (χ3n) is 4.49. The molecule has 8 heteroatoms. The second-order valence-electron chi connectivity index (χ2n) is 6.37. The van der Waals surface area contributed by atoms with Crippen LogP contribution in [0.25, 0.3) is 28.7 Å². The van der Waals surface area contributed by atoms with Crippen molar-refractivity contribution >= 4 is 51.9 Å². The van der Waals surface area contributed by atoms with Crippen LogP contribution >= 0.6 is 23.2 Å². The second-order valence-corrected chi connectivity index (χ2v) is 7.22. The molecule has 30 heavy (non-hydrogen) atoms. The first-order chi connectivity index (χ1) is 14.5. The third kappa shape index (κ3) is 3.70. The minimum absolute atomic E-state index is 0.0754. The highest BCUT2D eigenvalue weighted by Gasteiger charge is 2.20. The molecule has 0 amide bonds. The number of aromatic nitrogens is 2. The number of benzene rings is 3. The number of halogens is 2. The van der Waals surface area contributed by atoms with Gasteiger partial charge in [-0.15, -0.1) is 0 Å². The van der Waals surface area contributed by atoms with Crippen LogP contribution in [0.2, 0.25) is 10.0 Å². The number of para-hydroxylation sites is 1. The van der Waals surface area contributed by atoms with E-state index in [4.69, 9.17) is 23.2 Å². The van der Waals surface area contributed by atoms with Gasteiger partial charge in [-0.2, -0.15) is 0 Å². The van der Waals surface area contributed by atoms with Crippen molar-refractivity contribution in [2.24, 2.45) is 0 Å². The van der Waals surface area contributed by atoms with Crippen LogP contribution in [0.4, 0.5) is 5.69 Å². The predicted octanol–water partition coefficient (Wildman–Crippen LogP) is 5.77. The van der Waals surface area contributed by atoms with Crippen molar-refractivity contribution in [1.82, 2.24) is 9.55 Å². The lowest BCUT2D eigenvalue weighted by atomic mass is 10.2. The molecule has 6 nitrogen and oxygen atoms in total. The molecule has 0 unspecified atom stereocenters. The topological polar surface area (TPSA) is 78.0 Å². The molecule has 0 atom stereocenters. The van der Waals surface area contributed by atoms with E-state index in [1.165, 1.54) is 22.8 Å². The van der Waals surface area contributed by atoms with Gasteiger partial charge in [0.2, 0.25) is 0 Å². The molecule has 0 spiro atoms. The van der Waals surface area contributed by atoms with Crippen molar-refractivity contribution in [3.05, 3.63) is 109 Å². The van der Waals surface area contributed by atoms with Crippen LogP contribution in [0.3, 0.4) is 0 Å². The summed E-state index contributed by atoms with van der Waals surface area (Å²) in [6.45, 7) is 0. The summed E-state index contributed by atoms with van der Waals surface area (Å²) in [7, 11) is 0. The van der Waals surface area contributed by atoms with Gasteiger partial charge in [0, 0.05) is 16.1 Å². The van der Waals surface area contributed by atoms with Crippen molar-refractivity contribution in [3.8, 4) is 5.69 Å². The maximum absolute atomic E-state index is 13.3. The predicted molar refractivity (Wildman–Crippen MR) is 119 cm³/mol. The van der Waals surface area contributed by atoms with Crippen LogP contribution in [0.15, 0.2) is 71.5 Å². The van der Waals surface area contributed by atoms with E-state index in [0.717, 1.165) is 5.56 Å². The fraction of sp³-hybridized carbons (Fsp3) is 0. The molecule has 0 fully saturated rings. The highest BCUT2D eigenvalue weighted by atomic mass is 35.5. The van der Waals surface area contributed by atoms with Gasteiger partial charge in [0.05, 0.1) is 15.8 Å². The molecule has 0 aliphatic heterocycles. The molecular weight excluding hydrogens is 425 g/mol. The number of hydrogen-bond acceptors (Lipinski definition) is 4. The molecule has 1 aromatic heterocycles. The third-order valence-corrected chi connectivity index (χ3v) is 5.07. The molecule has 0 aliphatic rings. The molecule has 0 aliphatic carbocycles. The lowest BCUT2D eigenvalue weighted by Crippen LogP contribution is -2.23. The van der Waals surface area contributed by atoms with Gasteiger partial charge in [0.15, 0.2) is 0 Å². The average Bonchev–Trinajstić information content (AvgIpc) is 2.74. The minimum atomic E-state index is -0.579. The van der Waals surface area contributed by atoms with Crippen molar-refractivity contribution in [3.63, 3.8) is 0 Å². The molecule has 3 aromatic carbocycles. The van der Waals surface area contributed by atoms with Crippen molar-refractivity contribution in [2.75, 3.05) is 0 Å². The summed E-state index contributed by atoms with van der Waals surface area (Å²) in [6.07, 6.45) is 3.31. The number of fused-ring (bicyclic) bond motifs is 1. The summed E-state index contributed by atoms with van der Waals surface area (Å²) in [5.74, 6) is 0.226. The Kier molecular flexibility index (Phi) is 5.35. The Balaban J connectivity index is 2.03. The molecule has 0 radical (unpaired) electrons. The lowest BCUT2D eigenvalue weighted by molar-refractivity contribution is -0.384. The fourth-order valence-corrected chi connectivity index (χ4v) is 3.47. The van der Waals surface area contributed by atoms with E-state index in [0.29, 0.717) is 15.9 Å². The Morgan fingerprint density at radius 3 is 2.47 bits per heavy atom. The zero-order valence-corrected chi connectivity index (χ0v) is 16.8. The fourth-order valence-electron chi connectivity index (χ4n) is 3.10. The maximum atomic E-state index is 13.3. The van der Waals surface area contributed by atoms with E-state index >= 15 is 0 Å². The lowest BCUT2D eigenvalue weighted by Gasteiger charge is -2.12. The Bertz CT molecular complexity index is 1380. The molecule has 148 valence electrons. The summed E-state index contributed by atoms with van der Waals surface area (Å²) in [5, 5.41) is 12.7. The number of rotatable bonds is 4. The maximum Gasteiger partial charge on any atom is 0.294 e. The largest absolute Gasteiger partial charge is 0.294 e. The smallest absolute Gasteiger partial charge is 0.268 e. The Hall–Kier alpha value is -3.48. The van der Waals surface area contributed by atoms with E-state index in [2.05, 4.69) is 4.98 Å². The van der Waals surface area contributed by atoms with Crippen LogP contribution in [-0.2, 0) is 0 Å². The Morgan fingerprint density at radius 2 is 1.70 bits per heavy atom. The zero-order chi connectivity index (χ0) is 21.3. The first kappa shape index (κ1) is 19.8. The highest BCUT2D eigenvalue weighted by molar-refractivity contribution is 6.32. The number of nitrogens with zero attached hydrogens (tertiary/aromatic N) is 3. The molecule has 1 heterocycles. The van der Waals surface area contributed by atoms with Gasteiger partial charge in [-0.3, -0.25) is 19.5 Å². The molecule has 0 saturated carbocycles. The Morgan fingerprint density at radius 1 is 0.967 bits per heavy atom. The normalized spacial score (nSPS) is 11.3. The molecule has 0 N–H and O–H groups in total. The minimum Gasteiger partial charge on any atom is -0.268 e. The van der Waals surface area contributed by atoms with Gasteiger partial charge in [-0.25, -0.2) is 4.98 Å². The number of nitro groups is 1. The van der Waals surface area contributed by atoms with Gasteiger partial charge in [-0.05, 0) is 48.0 Å². The van der Waals surface area contributed by atoms with Crippen molar-refractivity contribution in [2.45, 2.75) is 0 Å². The molecule has 0 saturated heterocycles. The van der Waals surface area contributed by atoms with Gasteiger partial charge >= 0.3 is 0 Å². The first-order valence-corrected chi connectivity index (χ1v) is 9.60. The van der Waals surface area contributed by atoms with Crippen LogP contribution in [-0.4, -0.2) is 14.5 Å². The summed E-state index contributed by atoms with van der Waals surface area (Å²) >= 11 is 12.2. The van der Waals surface area contributed by atoms with Gasteiger partial charge in [-0.1, -0.05) is 53.5 Å². The zero-order valence-electron chi connectivity index (χ0n) is 15.3. The molecular formula is C22H13Cl2N3O3. The monoisotopic (exact) mass is 437 g/mol. The quantitative estimate of drug-likeness (QED) is 0.299. The molecule has 0 bridgehead atoms. The second kappa shape index (κ2) is 8.10. The first-order valence-electron chi connectivity index (χ1n) is 8.84. The van der Waals surface area contributed by atoms with E-state index in [1.807, 2.05) is 12.1 Å². The van der Waals surface area contributed by atoms with Crippen LogP contribution in [0, 0.1) is 10.1 Å². The van der Waals surface area contributed by atoms with Gasteiger partial charge in [0.25, 0.3) is 11.2 Å². The Labute approximate surface area is 180 Å². The van der Waals surface area contributed by atoms with Crippen LogP contribution in [0.1, 0.15) is 11.4 Å². The summed E-state index contributed by atoms with van der Waals surface area (Å²) in [6, 6.07) is 18.2. The van der Waals surface area contributed by atoms with Gasteiger partial charge < -0.3 is 0 Å². The van der Waals surface area contributed by atoms with Crippen LogP contribution < -0.4 is 5.56 Å². The van der Waals surface area contributed by atoms with Crippen LogP contribution in [0.5, 0.6) is 0 Å². The van der Waals surface area contributed by atoms with E-state index in [1.54, 1.807) is 48.6 Å². The van der Waals surface area contributed by atoms with Crippen molar-refractivity contribution < 1.29 is 4.92 Å². The van der Waals surface area contributed by atoms with Gasteiger partial charge in [0.1, 0.15) is 11.5 Å². The SMILES string of the molecule is O=c1c2ccccc2nc(/C=C/c2ccccc2Cl)n1-c1ccc(Cl)cc1[N+](=O)[O-]. The average molecular weight is 438 g/mol.